The number of ether oxygens (including phenoxy) is 2. The molecule has 1 unspecified atom stereocenters. The van der Waals surface area contributed by atoms with Crippen molar-refractivity contribution in [3.63, 3.8) is 0 Å². The number of rotatable bonds is 10. The molecule has 1 N–H and O–H groups in total. The molecule has 0 aliphatic heterocycles. The van der Waals surface area contributed by atoms with Crippen molar-refractivity contribution in [3.8, 4) is 0 Å². The third-order valence-corrected chi connectivity index (χ3v) is 1.94. The molecular weight excluding hydrogens is 235 g/mol. The second kappa shape index (κ2) is 9.67. The van der Waals surface area contributed by atoms with E-state index >= 15 is 0 Å². The van der Waals surface area contributed by atoms with Gasteiger partial charge in [-0.3, -0.25) is 0 Å². The Morgan fingerprint density at radius 2 is 1.71 bits per heavy atom. The zero-order valence-corrected chi connectivity index (χ0v) is 10.5. The van der Waals surface area contributed by atoms with Gasteiger partial charge in [-0.2, -0.15) is 13.2 Å². The fourth-order valence-corrected chi connectivity index (χ4v) is 1.20. The highest BCUT2D eigenvalue weighted by Crippen LogP contribution is 2.14. The maximum absolute atomic E-state index is 11.9. The zero-order valence-electron chi connectivity index (χ0n) is 10.5. The van der Waals surface area contributed by atoms with E-state index in [1.54, 1.807) is 0 Å². The molecule has 0 amide bonds. The highest BCUT2D eigenvalue weighted by Gasteiger charge is 2.27. The quantitative estimate of drug-likeness (QED) is 0.609. The van der Waals surface area contributed by atoms with Gasteiger partial charge >= 0.3 is 6.18 Å². The Kier molecular flexibility index (Phi) is 9.49. The number of hydrogen-bond donors (Lipinski definition) is 1. The number of halogens is 3. The molecule has 0 bridgehead atoms. The second-order valence-electron chi connectivity index (χ2n) is 3.86. The van der Waals surface area contributed by atoms with Gasteiger partial charge in [-0.15, -0.1) is 0 Å². The van der Waals surface area contributed by atoms with Crippen molar-refractivity contribution in [1.82, 2.24) is 5.32 Å². The number of alkyl halides is 3. The smallest absolute Gasteiger partial charge is 0.380 e. The Bertz CT molecular complexity index is 177. The van der Waals surface area contributed by atoms with Crippen LogP contribution in [0.5, 0.6) is 0 Å². The first kappa shape index (κ1) is 16.7. The van der Waals surface area contributed by atoms with Gasteiger partial charge in [0.25, 0.3) is 0 Å². The van der Waals surface area contributed by atoms with Crippen molar-refractivity contribution < 1.29 is 22.6 Å². The van der Waals surface area contributed by atoms with Crippen LogP contribution in [0, 0.1) is 0 Å². The zero-order chi connectivity index (χ0) is 13.1. The Hall–Kier alpha value is -0.330. The molecule has 0 aromatic heterocycles. The minimum atomic E-state index is -4.26. The van der Waals surface area contributed by atoms with Gasteiger partial charge in [0, 0.05) is 6.61 Å². The van der Waals surface area contributed by atoms with E-state index in [4.69, 9.17) is 4.74 Å². The fraction of sp³-hybridized carbons (Fsp3) is 1.00. The van der Waals surface area contributed by atoms with Gasteiger partial charge in [0.2, 0.25) is 0 Å². The fourth-order valence-electron chi connectivity index (χ4n) is 1.20. The third kappa shape index (κ3) is 11.9. The van der Waals surface area contributed by atoms with E-state index < -0.39 is 12.8 Å². The summed E-state index contributed by atoms with van der Waals surface area (Å²) >= 11 is 0. The molecule has 0 saturated carbocycles. The summed E-state index contributed by atoms with van der Waals surface area (Å²) in [6, 6.07) is -0.177. The topological polar surface area (TPSA) is 30.5 Å². The maximum atomic E-state index is 11.9. The van der Waals surface area contributed by atoms with Gasteiger partial charge < -0.3 is 14.8 Å². The Morgan fingerprint density at radius 1 is 1.06 bits per heavy atom. The number of nitrogens with one attached hydrogen (secondary N) is 1. The normalized spacial score (nSPS) is 13.9. The van der Waals surface area contributed by atoms with Crippen LogP contribution in [0.2, 0.25) is 0 Å². The lowest BCUT2D eigenvalue weighted by molar-refractivity contribution is -0.176. The molecular formula is C11H22F3NO2. The van der Waals surface area contributed by atoms with E-state index in [-0.39, 0.29) is 12.6 Å². The largest absolute Gasteiger partial charge is 0.411 e. The highest BCUT2D eigenvalue weighted by molar-refractivity contribution is 4.65. The molecule has 6 heteroatoms. The van der Waals surface area contributed by atoms with Crippen LogP contribution >= 0.6 is 0 Å². The third-order valence-electron chi connectivity index (χ3n) is 1.94. The van der Waals surface area contributed by atoms with Crippen molar-refractivity contribution in [1.29, 1.82) is 0 Å². The van der Waals surface area contributed by atoms with Gasteiger partial charge in [0.1, 0.15) is 6.61 Å². The molecule has 104 valence electrons. The monoisotopic (exact) mass is 257 g/mol. The average Bonchev–Trinajstić information content (AvgIpc) is 2.23. The van der Waals surface area contributed by atoms with Gasteiger partial charge in [-0.1, -0.05) is 13.8 Å². The molecule has 0 spiro atoms. The standard InChI is InChI=1S/C11H22F3NO2/c1-3-5-15-10(7-16-6-4-2)8-17-9-11(12,13)14/h10,15H,3-9H2,1-2H3. The van der Waals surface area contributed by atoms with E-state index in [1.165, 1.54) is 0 Å². The molecule has 1 atom stereocenters. The minimum absolute atomic E-state index is 0.0171. The van der Waals surface area contributed by atoms with E-state index in [0.717, 1.165) is 19.4 Å². The summed E-state index contributed by atoms with van der Waals surface area (Å²) in [6.07, 6.45) is -2.45. The maximum Gasteiger partial charge on any atom is 0.411 e. The van der Waals surface area contributed by atoms with Gasteiger partial charge in [0.15, 0.2) is 0 Å². The summed E-state index contributed by atoms with van der Waals surface area (Å²) in [5.74, 6) is 0. The first-order valence-electron chi connectivity index (χ1n) is 5.95. The molecule has 0 radical (unpaired) electrons. The van der Waals surface area contributed by atoms with Crippen LogP contribution in [0.25, 0.3) is 0 Å². The van der Waals surface area contributed by atoms with E-state index in [2.05, 4.69) is 10.1 Å². The van der Waals surface area contributed by atoms with Crippen LogP contribution in [0.1, 0.15) is 26.7 Å². The van der Waals surface area contributed by atoms with Crippen LogP contribution in [-0.4, -0.2) is 45.2 Å². The Morgan fingerprint density at radius 3 is 2.24 bits per heavy atom. The molecule has 3 nitrogen and oxygen atoms in total. The van der Waals surface area contributed by atoms with Crippen molar-refractivity contribution >= 4 is 0 Å². The molecule has 17 heavy (non-hydrogen) atoms. The second-order valence-corrected chi connectivity index (χ2v) is 3.86. The van der Waals surface area contributed by atoms with Crippen LogP contribution < -0.4 is 5.32 Å². The molecule has 0 aliphatic rings. The lowest BCUT2D eigenvalue weighted by Crippen LogP contribution is -2.39. The number of hydrogen-bond acceptors (Lipinski definition) is 3. The first-order chi connectivity index (χ1) is 7.99. The molecule has 0 aromatic carbocycles. The minimum Gasteiger partial charge on any atom is -0.380 e. The summed E-state index contributed by atoms with van der Waals surface area (Å²) < 4.78 is 45.6. The average molecular weight is 257 g/mol. The van der Waals surface area contributed by atoms with Crippen molar-refractivity contribution in [3.05, 3.63) is 0 Å². The predicted octanol–water partition coefficient (Wildman–Crippen LogP) is 2.36. The van der Waals surface area contributed by atoms with Crippen molar-refractivity contribution in [2.24, 2.45) is 0 Å². The van der Waals surface area contributed by atoms with Gasteiger partial charge in [0.05, 0.1) is 19.3 Å². The first-order valence-corrected chi connectivity index (χ1v) is 5.95. The van der Waals surface area contributed by atoms with E-state index in [9.17, 15) is 13.2 Å². The van der Waals surface area contributed by atoms with E-state index in [0.29, 0.717) is 13.2 Å². The summed E-state index contributed by atoms with van der Waals surface area (Å²) in [7, 11) is 0. The van der Waals surface area contributed by atoms with Crippen LogP contribution in [0.15, 0.2) is 0 Å². The molecule has 0 saturated heterocycles. The summed E-state index contributed by atoms with van der Waals surface area (Å²) in [4.78, 5) is 0. The lowest BCUT2D eigenvalue weighted by Gasteiger charge is -2.19. The summed E-state index contributed by atoms with van der Waals surface area (Å²) in [5.41, 5.74) is 0. The van der Waals surface area contributed by atoms with E-state index in [1.807, 2.05) is 13.8 Å². The van der Waals surface area contributed by atoms with Crippen molar-refractivity contribution in [2.75, 3.05) is 33.0 Å². The molecule has 0 heterocycles. The SMILES string of the molecule is CCCNC(COCCC)COCC(F)(F)F. The lowest BCUT2D eigenvalue weighted by atomic mass is 10.3. The molecule has 0 aliphatic carbocycles. The van der Waals surface area contributed by atoms with Gasteiger partial charge in [-0.25, -0.2) is 0 Å². The van der Waals surface area contributed by atoms with Crippen molar-refractivity contribution in [2.45, 2.75) is 38.9 Å². The Balaban J connectivity index is 3.75. The summed E-state index contributed by atoms with van der Waals surface area (Å²) in [6.45, 7) is 4.53. The summed E-state index contributed by atoms with van der Waals surface area (Å²) in [5, 5.41) is 3.10. The highest BCUT2D eigenvalue weighted by atomic mass is 19.4. The molecule has 0 aromatic rings. The van der Waals surface area contributed by atoms with Crippen LogP contribution in [0.4, 0.5) is 13.2 Å². The van der Waals surface area contributed by atoms with Gasteiger partial charge in [-0.05, 0) is 19.4 Å². The van der Waals surface area contributed by atoms with Crippen LogP contribution in [0.3, 0.4) is 0 Å². The molecule has 0 fully saturated rings. The molecule has 0 rings (SSSR count). The Labute approximate surface area is 101 Å². The predicted molar refractivity (Wildman–Crippen MR) is 60.1 cm³/mol. The van der Waals surface area contributed by atoms with Crippen LogP contribution in [-0.2, 0) is 9.47 Å².